The Morgan fingerprint density at radius 1 is 1.46 bits per heavy atom. The summed E-state index contributed by atoms with van der Waals surface area (Å²) in [6, 6.07) is 5.79. The van der Waals surface area contributed by atoms with E-state index in [0.29, 0.717) is 11.6 Å². The van der Waals surface area contributed by atoms with Crippen LogP contribution in [-0.4, -0.2) is 20.2 Å². The van der Waals surface area contributed by atoms with Crippen molar-refractivity contribution in [2.75, 3.05) is 20.2 Å². The second-order valence-corrected chi connectivity index (χ2v) is 3.22. The number of benzene rings is 1. The average molecular weight is 200 g/mol. The molecule has 0 aliphatic carbocycles. The Morgan fingerprint density at radius 3 is 2.92 bits per heavy atom. The van der Waals surface area contributed by atoms with E-state index in [9.17, 15) is 0 Å². The van der Waals surface area contributed by atoms with Gasteiger partial charge in [0.2, 0.25) is 0 Å². The number of aryl methyl sites for hydroxylation is 1. The number of nitrogens with one attached hydrogen (secondary N) is 1. The average Bonchev–Trinajstić information content (AvgIpc) is 2.13. The summed E-state index contributed by atoms with van der Waals surface area (Å²) >= 11 is 6.03. The molecular weight excluding hydrogens is 186 g/mol. The van der Waals surface area contributed by atoms with Crippen LogP contribution < -0.4 is 10.1 Å². The van der Waals surface area contributed by atoms with Crippen molar-refractivity contribution in [3.8, 4) is 5.75 Å². The first-order valence-electron chi connectivity index (χ1n) is 4.28. The van der Waals surface area contributed by atoms with E-state index in [2.05, 4.69) is 5.32 Å². The SMILES string of the molecule is CNCCOc1cccc(C)c1Cl. The van der Waals surface area contributed by atoms with Crippen molar-refractivity contribution in [2.24, 2.45) is 0 Å². The standard InChI is InChI=1S/C10H14ClNO/c1-8-4-3-5-9(10(8)11)13-7-6-12-2/h3-5,12H,6-7H2,1-2H3. The van der Waals surface area contributed by atoms with Gasteiger partial charge in [0, 0.05) is 6.54 Å². The minimum absolute atomic E-state index is 0.639. The molecule has 0 unspecified atom stereocenters. The Hall–Kier alpha value is -0.730. The Balaban J connectivity index is 2.61. The molecule has 0 aliphatic rings. The lowest BCUT2D eigenvalue weighted by Crippen LogP contribution is -2.16. The van der Waals surface area contributed by atoms with Gasteiger partial charge in [-0.2, -0.15) is 0 Å². The van der Waals surface area contributed by atoms with Gasteiger partial charge in [-0.15, -0.1) is 0 Å². The van der Waals surface area contributed by atoms with Crippen LogP contribution in [0.25, 0.3) is 0 Å². The fourth-order valence-corrected chi connectivity index (χ4v) is 1.18. The predicted molar refractivity (Wildman–Crippen MR) is 55.6 cm³/mol. The van der Waals surface area contributed by atoms with Crippen molar-refractivity contribution in [2.45, 2.75) is 6.92 Å². The van der Waals surface area contributed by atoms with Crippen molar-refractivity contribution >= 4 is 11.6 Å². The summed E-state index contributed by atoms with van der Waals surface area (Å²) in [5, 5.41) is 3.71. The van der Waals surface area contributed by atoms with E-state index in [4.69, 9.17) is 16.3 Å². The second kappa shape index (κ2) is 5.10. The summed E-state index contributed by atoms with van der Waals surface area (Å²) in [7, 11) is 1.89. The van der Waals surface area contributed by atoms with Crippen molar-refractivity contribution < 1.29 is 4.74 Å². The van der Waals surface area contributed by atoms with Crippen molar-refractivity contribution in [1.29, 1.82) is 0 Å². The monoisotopic (exact) mass is 199 g/mol. The fourth-order valence-electron chi connectivity index (χ4n) is 0.995. The van der Waals surface area contributed by atoms with Gasteiger partial charge in [-0.25, -0.2) is 0 Å². The zero-order valence-electron chi connectivity index (χ0n) is 7.93. The van der Waals surface area contributed by atoms with Gasteiger partial charge < -0.3 is 10.1 Å². The lowest BCUT2D eigenvalue weighted by Gasteiger charge is -2.08. The molecule has 1 aromatic rings. The Morgan fingerprint density at radius 2 is 2.23 bits per heavy atom. The first-order chi connectivity index (χ1) is 6.25. The van der Waals surface area contributed by atoms with Crippen LogP contribution in [0.5, 0.6) is 5.75 Å². The Bertz CT molecular complexity index is 276. The highest BCUT2D eigenvalue weighted by Crippen LogP contribution is 2.26. The molecule has 0 saturated heterocycles. The van der Waals surface area contributed by atoms with Gasteiger partial charge in [0.1, 0.15) is 12.4 Å². The molecular formula is C10H14ClNO. The van der Waals surface area contributed by atoms with Crippen LogP contribution in [0.4, 0.5) is 0 Å². The summed E-state index contributed by atoms with van der Waals surface area (Å²) in [5.41, 5.74) is 1.05. The van der Waals surface area contributed by atoms with Crippen LogP contribution in [0.2, 0.25) is 5.02 Å². The number of hydrogen-bond donors (Lipinski definition) is 1. The van der Waals surface area contributed by atoms with Crippen LogP contribution in [0.1, 0.15) is 5.56 Å². The Kier molecular flexibility index (Phi) is 4.06. The number of rotatable bonds is 4. The van der Waals surface area contributed by atoms with Crippen LogP contribution in [0, 0.1) is 6.92 Å². The maximum atomic E-state index is 6.03. The number of halogens is 1. The molecule has 0 saturated carbocycles. The van der Waals surface area contributed by atoms with E-state index in [1.807, 2.05) is 32.2 Å². The molecule has 1 rings (SSSR count). The number of ether oxygens (including phenoxy) is 1. The third-order valence-corrected chi connectivity index (χ3v) is 2.25. The smallest absolute Gasteiger partial charge is 0.138 e. The zero-order valence-corrected chi connectivity index (χ0v) is 8.69. The molecule has 0 radical (unpaired) electrons. The minimum atomic E-state index is 0.639. The molecule has 0 fully saturated rings. The maximum Gasteiger partial charge on any atom is 0.138 e. The first-order valence-corrected chi connectivity index (χ1v) is 4.66. The van der Waals surface area contributed by atoms with Gasteiger partial charge in [0.05, 0.1) is 5.02 Å². The molecule has 0 aromatic heterocycles. The molecule has 2 nitrogen and oxygen atoms in total. The largest absolute Gasteiger partial charge is 0.491 e. The second-order valence-electron chi connectivity index (χ2n) is 2.84. The summed E-state index contributed by atoms with van der Waals surface area (Å²) in [6.45, 7) is 3.43. The molecule has 0 atom stereocenters. The molecule has 0 amide bonds. The molecule has 0 heterocycles. The van der Waals surface area contributed by atoms with E-state index < -0.39 is 0 Å². The van der Waals surface area contributed by atoms with Crippen LogP contribution in [0.15, 0.2) is 18.2 Å². The maximum absolute atomic E-state index is 6.03. The lowest BCUT2D eigenvalue weighted by atomic mass is 10.2. The van der Waals surface area contributed by atoms with E-state index in [1.54, 1.807) is 0 Å². The minimum Gasteiger partial charge on any atom is -0.491 e. The number of likely N-dealkylation sites (N-methyl/N-ethyl adjacent to an activating group) is 1. The lowest BCUT2D eigenvalue weighted by molar-refractivity contribution is 0.318. The summed E-state index contributed by atoms with van der Waals surface area (Å²) in [6.07, 6.45) is 0. The van der Waals surface area contributed by atoms with Crippen molar-refractivity contribution in [1.82, 2.24) is 5.32 Å². The van der Waals surface area contributed by atoms with E-state index in [-0.39, 0.29) is 0 Å². The topological polar surface area (TPSA) is 21.3 Å². The summed E-state index contributed by atoms with van der Waals surface area (Å²) in [4.78, 5) is 0. The van der Waals surface area contributed by atoms with Gasteiger partial charge in [0.15, 0.2) is 0 Å². The molecule has 0 bridgehead atoms. The van der Waals surface area contributed by atoms with E-state index >= 15 is 0 Å². The molecule has 72 valence electrons. The molecule has 1 N–H and O–H groups in total. The van der Waals surface area contributed by atoms with Gasteiger partial charge in [-0.05, 0) is 25.6 Å². The van der Waals surface area contributed by atoms with E-state index in [1.165, 1.54) is 0 Å². The highest BCUT2D eigenvalue weighted by Gasteiger charge is 2.02. The third kappa shape index (κ3) is 2.90. The highest BCUT2D eigenvalue weighted by atomic mass is 35.5. The Labute approximate surface area is 83.9 Å². The molecule has 1 aromatic carbocycles. The first kappa shape index (κ1) is 10.4. The van der Waals surface area contributed by atoms with Crippen LogP contribution in [0.3, 0.4) is 0 Å². The third-order valence-electron chi connectivity index (χ3n) is 1.77. The van der Waals surface area contributed by atoms with E-state index in [0.717, 1.165) is 17.9 Å². The predicted octanol–water partition coefficient (Wildman–Crippen LogP) is 2.25. The van der Waals surface area contributed by atoms with Crippen molar-refractivity contribution in [3.63, 3.8) is 0 Å². The zero-order chi connectivity index (χ0) is 9.68. The molecule has 13 heavy (non-hydrogen) atoms. The quantitative estimate of drug-likeness (QED) is 0.752. The summed E-state index contributed by atoms with van der Waals surface area (Å²) in [5.74, 6) is 0.761. The van der Waals surface area contributed by atoms with Crippen molar-refractivity contribution in [3.05, 3.63) is 28.8 Å². The molecule has 0 aliphatic heterocycles. The van der Waals surface area contributed by atoms with Crippen LogP contribution >= 0.6 is 11.6 Å². The normalized spacial score (nSPS) is 10.1. The fraction of sp³-hybridized carbons (Fsp3) is 0.400. The van der Waals surface area contributed by atoms with Gasteiger partial charge in [-0.1, -0.05) is 23.7 Å². The number of hydrogen-bond acceptors (Lipinski definition) is 2. The highest BCUT2D eigenvalue weighted by molar-refractivity contribution is 6.32. The van der Waals surface area contributed by atoms with Gasteiger partial charge in [-0.3, -0.25) is 0 Å². The van der Waals surface area contributed by atoms with Gasteiger partial charge in [0.25, 0.3) is 0 Å². The van der Waals surface area contributed by atoms with Gasteiger partial charge >= 0.3 is 0 Å². The molecule has 3 heteroatoms. The summed E-state index contributed by atoms with van der Waals surface area (Å²) < 4.78 is 5.46. The molecule has 0 spiro atoms. The van der Waals surface area contributed by atoms with Crippen LogP contribution in [-0.2, 0) is 0 Å².